The van der Waals surface area contributed by atoms with Gasteiger partial charge in [-0.25, -0.2) is 0 Å². The second-order valence-corrected chi connectivity index (χ2v) is 5.70. The molecule has 134 valence electrons. The highest BCUT2D eigenvalue weighted by molar-refractivity contribution is 6.48. The Bertz CT molecular complexity index is 865. The first kappa shape index (κ1) is 17.7. The van der Waals surface area contributed by atoms with Crippen LogP contribution in [-0.2, 0) is 20.6 Å². The number of ketones is 1. The number of carbonyl (C=O) groups excluding carboxylic acids is 3. The normalized spacial score (nSPS) is 17.5. The van der Waals surface area contributed by atoms with E-state index in [0.29, 0.717) is 5.69 Å². The third kappa shape index (κ3) is 3.30. The lowest BCUT2D eigenvalue weighted by Crippen LogP contribution is -2.30. The summed E-state index contributed by atoms with van der Waals surface area (Å²) in [5.41, 5.74) is -1.04. The quantitative estimate of drug-likeness (QED) is 0.674. The molecule has 0 bridgehead atoms. The minimum absolute atomic E-state index is 0.221. The molecule has 0 aliphatic carbocycles. The van der Waals surface area contributed by atoms with Crippen molar-refractivity contribution in [3.05, 3.63) is 60.2 Å². The lowest BCUT2D eigenvalue weighted by Gasteiger charge is -2.16. The van der Waals surface area contributed by atoms with Crippen LogP contribution in [0.3, 0.4) is 0 Å². The molecule has 2 aromatic carbocycles. The lowest BCUT2D eigenvalue weighted by molar-refractivity contribution is -0.138. The van der Waals surface area contributed by atoms with E-state index in [1.165, 1.54) is 12.1 Å². The van der Waals surface area contributed by atoms with Crippen molar-refractivity contribution in [1.82, 2.24) is 0 Å². The van der Waals surface area contributed by atoms with Gasteiger partial charge in [0, 0.05) is 12.2 Å². The van der Waals surface area contributed by atoms with Crippen LogP contribution in [0.15, 0.2) is 54.6 Å². The Labute approximate surface area is 146 Å². The van der Waals surface area contributed by atoms with Gasteiger partial charge in [-0.1, -0.05) is 30.3 Å². The summed E-state index contributed by atoms with van der Waals surface area (Å²) in [6, 6.07) is 12.7. The van der Waals surface area contributed by atoms with Gasteiger partial charge in [-0.2, -0.15) is 13.2 Å². The number of hydrogen-bond acceptors (Lipinski definition) is 3. The molecule has 1 saturated heterocycles. The molecular formula is C18H13F3N2O3. The SMILES string of the molecule is O=C(Nc1ccccc1C(F)(F)F)C1CN(c2ccccc2)C(=O)C1=O. The molecule has 0 aromatic heterocycles. The third-order valence-electron chi connectivity index (χ3n) is 4.01. The Balaban J connectivity index is 1.82. The maximum absolute atomic E-state index is 13.0. The van der Waals surface area contributed by atoms with Crippen LogP contribution in [0.25, 0.3) is 0 Å². The van der Waals surface area contributed by atoms with Gasteiger partial charge in [0.1, 0.15) is 5.92 Å². The van der Waals surface area contributed by atoms with E-state index >= 15 is 0 Å². The van der Waals surface area contributed by atoms with Crippen LogP contribution >= 0.6 is 0 Å². The van der Waals surface area contributed by atoms with E-state index in [0.717, 1.165) is 17.0 Å². The molecule has 0 saturated carbocycles. The van der Waals surface area contributed by atoms with Gasteiger partial charge in [-0.15, -0.1) is 0 Å². The van der Waals surface area contributed by atoms with Gasteiger partial charge in [0.15, 0.2) is 0 Å². The predicted octanol–water partition coefficient (Wildman–Crippen LogP) is 2.88. The molecule has 0 radical (unpaired) electrons. The van der Waals surface area contributed by atoms with Crippen LogP contribution in [0.2, 0.25) is 0 Å². The minimum atomic E-state index is -4.66. The maximum atomic E-state index is 13.0. The Morgan fingerprint density at radius 1 is 1.00 bits per heavy atom. The molecule has 1 heterocycles. The zero-order valence-electron chi connectivity index (χ0n) is 13.3. The third-order valence-corrected chi connectivity index (χ3v) is 4.01. The Morgan fingerprint density at radius 2 is 1.62 bits per heavy atom. The highest BCUT2D eigenvalue weighted by atomic mass is 19.4. The van der Waals surface area contributed by atoms with E-state index in [-0.39, 0.29) is 6.54 Å². The number of nitrogens with zero attached hydrogens (tertiary/aromatic N) is 1. The topological polar surface area (TPSA) is 66.5 Å². The lowest BCUT2D eigenvalue weighted by atomic mass is 10.1. The molecule has 1 aliphatic rings. The van der Waals surface area contributed by atoms with Gasteiger partial charge >= 0.3 is 6.18 Å². The molecule has 1 fully saturated rings. The first-order valence-corrected chi connectivity index (χ1v) is 7.67. The van der Waals surface area contributed by atoms with Crippen molar-refractivity contribution in [2.24, 2.45) is 5.92 Å². The number of rotatable bonds is 3. The summed E-state index contributed by atoms with van der Waals surface area (Å²) in [4.78, 5) is 37.7. The zero-order chi connectivity index (χ0) is 18.9. The standard InChI is InChI=1S/C18H13F3N2O3/c19-18(20,21)13-8-4-5-9-14(13)22-16(25)12-10-23(17(26)15(12)24)11-6-2-1-3-7-11/h1-9,12H,10H2,(H,22,25). The van der Waals surface area contributed by atoms with Crippen molar-refractivity contribution in [2.45, 2.75) is 6.18 Å². The maximum Gasteiger partial charge on any atom is 0.418 e. The van der Waals surface area contributed by atoms with Gasteiger partial charge < -0.3 is 10.2 Å². The summed E-state index contributed by atoms with van der Waals surface area (Å²) in [6.45, 7) is -0.221. The Kier molecular flexibility index (Phi) is 4.50. The van der Waals surface area contributed by atoms with Gasteiger partial charge in [0.2, 0.25) is 11.7 Å². The number of amides is 2. The molecule has 2 aromatic rings. The molecule has 5 nitrogen and oxygen atoms in total. The number of para-hydroxylation sites is 2. The summed E-state index contributed by atoms with van der Waals surface area (Å²) in [5.74, 6) is -4.13. The van der Waals surface area contributed by atoms with Gasteiger partial charge in [-0.05, 0) is 24.3 Å². The van der Waals surface area contributed by atoms with Crippen LogP contribution in [0.4, 0.5) is 24.5 Å². The molecule has 2 amide bonds. The van der Waals surface area contributed by atoms with Gasteiger partial charge in [-0.3, -0.25) is 14.4 Å². The molecule has 1 aliphatic heterocycles. The minimum Gasteiger partial charge on any atom is -0.325 e. The number of carbonyl (C=O) groups is 3. The van der Waals surface area contributed by atoms with Crippen molar-refractivity contribution in [3.8, 4) is 0 Å². The summed E-state index contributed by atoms with van der Waals surface area (Å²) in [6.07, 6.45) is -4.66. The summed E-state index contributed by atoms with van der Waals surface area (Å²) in [7, 11) is 0. The van der Waals surface area contributed by atoms with E-state index in [1.807, 2.05) is 0 Å². The van der Waals surface area contributed by atoms with Crippen molar-refractivity contribution in [1.29, 1.82) is 0 Å². The fourth-order valence-electron chi connectivity index (χ4n) is 2.72. The fourth-order valence-corrected chi connectivity index (χ4v) is 2.72. The van der Waals surface area contributed by atoms with Crippen LogP contribution < -0.4 is 10.2 Å². The van der Waals surface area contributed by atoms with E-state index < -0.39 is 40.9 Å². The van der Waals surface area contributed by atoms with Crippen molar-refractivity contribution >= 4 is 29.0 Å². The predicted molar refractivity (Wildman–Crippen MR) is 87.4 cm³/mol. The average Bonchev–Trinajstić information content (AvgIpc) is 2.91. The Hall–Kier alpha value is -3.16. The first-order valence-electron chi connectivity index (χ1n) is 7.67. The highest BCUT2D eigenvalue weighted by Gasteiger charge is 2.44. The average molecular weight is 362 g/mol. The summed E-state index contributed by atoms with van der Waals surface area (Å²) in [5, 5.41) is 2.12. The molecule has 1 N–H and O–H groups in total. The first-order chi connectivity index (χ1) is 12.3. The van der Waals surface area contributed by atoms with Crippen LogP contribution in [-0.4, -0.2) is 24.1 Å². The number of benzene rings is 2. The van der Waals surface area contributed by atoms with Crippen molar-refractivity contribution in [3.63, 3.8) is 0 Å². The van der Waals surface area contributed by atoms with Crippen LogP contribution in [0.5, 0.6) is 0 Å². The number of alkyl halides is 3. The van der Waals surface area contributed by atoms with Gasteiger partial charge in [0.05, 0.1) is 11.3 Å². The number of anilines is 2. The molecule has 1 unspecified atom stereocenters. The fraction of sp³-hybridized carbons (Fsp3) is 0.167. The Morgan fingerprint density at radius 3 is 2.27 bits per heavy atom. The molecule has 1 atom stereocenters. The summed E-state index contributed by atoms with van der Waals surface area (Å²) < 4.78 is 39.1. The second-order valence-electron chi connectivity index (χ2n) is 5.70. The highest BCUT2D eigenvalue weighted by Crippen LogP contribution is 2.35. The number of Topliss-reactive ketones (excluding diaryl/α,β-unsaturated/α-hetero) is 1. The molecule has 3 rings (SSSR count). The number of halogens is 3. The van der Waals surface area contributed by atoms with Crippen LogP contribution in [0.1, 0.15) is 5.56 Å². The van der Waals surface area contributed by atoms with E-state index in [9.17, 15) is 27.6 Å². The van der Waals surface area contributed by atoms with Gasteiger partial charge in [0.25, 0.3) is 5.91 Å². The monoisotopic (exact) mass is 362 g/mol. The smallest absolute Gasteiger partial charge is 0.325 e. The van der Waals surface area contributed by atoms with Crippen LogP contribution in [0, 0.1) is 5.92 Å². The van der Waals surface area contributed by atoms with Crippen molar-refractivity contribution < 1.29 is 27.6 Å². The molecule has 8 heteroatoms. The van der Waals surface area contributed by atoms with Crippen molar-refractivity contribution in [2.75, 3.05) is 16.8 Å². The number of nitrogens with one attached hydrogen (secondary N) is 1. The molecule has 0 spiro atoms. The van der Waals surface area contributed by atoms with E-state index in [1.54, 1.807) is 30.3 Å². The molecule has 26 heavy (non-hydrogen) atoms. The second kappa shape index (κ2) is 6.62. The van der Waals surface area contributed by atoms with E-state index in [2.05, 4.69) is 5.32 Å². The summed E-state index contributed by atoms with van der Waals surface area (Å²) >= 11 is 0. The zero-order valence-corrected chi connectivity index (χ0v) is 13.3. The van der Waals surface area contributed by atoms with E-state index in [4.69, 9.17) is 0 Å². The largest absolute Gasteiger partial charge is 0.418 e. The molecular weight excluding hydrogens is 349 g/mol. The number of hydrogen-bond donors (Lipinski definition) is 1.